The summed E-state index contributed by atoms with van der Waals surface area (Å²) in [6, 6.07) is 0. The van der Waals surface area contributed by atoms with Crippen molar-refractivity contribution in [2.45, 2.75) is 20.3 Å². The summed E-state index contributed by atoms with van der Waals surface area (Å²) in [6.45, 7) is 8.63. The summed E-state index contributed by atoms with van der Waals surface area (Å²) in [5.74, 6) is 0. The lowest BCUT2D eigenvalue weighted by atomic mass is 10.4. The second-order valence-electron chi connectivity index (χ2n) is 3.31. The summed E-state index contributed by atoms with van der Waals surface area (Å²) in [6.07, 6.45) is 1.13. The number of halogens is 3. The molecule has 5 nitrogen and oxygen atoms in total. The van der Waals surface area contributed by atoms with E-state index in [0.717, 1.165) is 32.6 Å². The van der Waals surface area contributed by atoms with Gasteiger partial charge in [-0.3, -0.25) is 0 Å². The van der Waals surface area contributed by atoms with Crippen molar-refractivity contribution in [1.82, 2.24) is 19.9 Å². The van der Waals surface area contributed by atoms with Crippen LogP contribution in [0.25, 0.3) is 0 Å². The van der Waals surface area contributed by atoms with Crippen molar-refractivity contribution in [2.75, 3.05) is 26.2 Å². The minimum absolute atomic E-state index is 0.000000000000000444. The van der Waals surface area contributed by atoms with Crippen molar-refractivity contribution in [3.63, 3.8) is 0 Å². The Morgan fingerprint density at radius 2 is 1.33 bits per heavy atom. The Kier molecular flexibility index (Phi) is 10.6. The van der Waals surface area contributed by atoms with Gasteiger partial charge in [0, 0.05) is 0 Å². The number of nitrogens with zero attached hydrogens (tertiary/aromatic N) is 4. The molecule has 1 aromatic heterocycles. The quantitative estimate of drug-likeness (QED) is 0.904. The van der Waals surface area contributed by atoms with Crippen LogP contribution in [0.15, 0.2) is 0 Å². The maximum absolute atomic E-state index is 5.36. The zero-order valence-corrected chi connectivity index (χ0v) is 12.8. The Morgan fingerprint density at radius 1 is 0.944 bits per heavy atom. The summed E-state index contributed by atoms with van der Waals surface area (Å²) in [5, 5.41) is 0.00000000000000178. The van der Waals surface area contributed by atoms with E-state index in [1.54, 1.807) is 0 Å². The van der Waals surface area contributed by atoms with Crippen molar-refractivity contribution < 1.29 is 0 Å². The molecule has 104 valence electrons. The Balaban J connectivity index is 0.000000321. The minimum Gasteiger partial charge on any atom is -0.330 e. The van der Waals surface area contributed by atoms with Gasteiger partial charge in [-0.2, -0.15) is 15.0 Å². The van der Waals surface area contributed by atoms with Gasteiger partial charge < -0.3 is 10.6 Å². The van der Waals surface area contributed by atoms with Crippen molar-refractivity contribution in [3.8, 4) is 0 Å². The highest BCUT2D eigenvalue weighted by Crippen LogP contribution is 2.08. The highest BCUT2D eigenvalue weighted by Gasteiger charge is 1.97. The van der Waals surface area contributed by atoms with Crippen LogP contribution in [0.5, 0.6) is 0 Å². The first-order valence-corrected chi connectivity index (χ1v) is 6.81. The molecule has 0 spiro atoms. The van der Waals surface area contributed by atoms with Gasteiger partial charge in [-0.15, -0.1) is 0 Å². The molecular formula is C10H18Cl3N5. The highest BCUT2D eigenvalue weighted by atomic mass is 35.5. The van der Waals surface area contributed by atoms with E-state index in [2.05, 4.69) is 33.7 Å². The first-order chi connectivity index (χ1) is 8.53. The molecule has 0 saturated heterocycles. The smallest absolute Gasteiger partial charge is 0.227 e. The largest absolute Gasteiger partial charge is 0.330 e. The van der Waals surface area contributed by atoms with Crippen molar-refractivity contribution >= 4 is 34.8 Å². The van der Waals surface area contributed by atoms with Crippen LogP contribution in [-0.2, 0) is 0 Å². The van der Waals surface area contributed by atoms with E-state index >= 15 is 0 Å². The molecule has 8 heteroatoms. The van der Waals surface area contributed by atoms with E-state index in [1.165, 1.54) is 0 Å². The summed E-state index contributed by atoms with van der Waals surface area (Å²) in [4.78, 5) is 12.8. The lowest BCUT2D eigenvalue weighted by Crippen LogP contribution is -2.25. The van der Waals surface area contributed by atoms with Crippen molar-refractivity contribution in [2.24, 2.45) is 5.73 Å². The minimum atomic E-state index is 0.000000000000000444. The molecule has 1 aromatic rings. The van der Waals surface area contributed by atoms with Gasteiger partial charge in [0.2, 0.25) is 15.9 Å². The molecule has 0 aromatic carbocycles. The maximum Gasteiger partial charge on any atom is 0.227 e. The molecule has 0 unspecified atom stereocenters. The second kappa shape index (κ2) is 10.7. The Morgan fingerprint density at radius 3 is 1.61 bits per heavy atom. The highest BCUT2D eigenvalue weighted by molar-refractivity contribution is 6.33. The first-order valence-electron chi connectivity index (χ1n) is 5.68. The first kappa shape index (κ1) is 17.8. The summed E-state index contributed by atoms with van der Waals surface area (Å²) < 4.78 is 0. The molecule has 0 aliphatic carbocycles. The maximum atomic E-state index is 5.36. The predicted octanol–water partition coefficient (Wildman–Crippen LogP) is 2.51. The zero-order chi connectivity index (χ0) is 14.0. The number of rotatable bonds is 5. The van der Waals surface area contributed by atoms with E-state index < -0.39 is 0 Å². The third-order valence-electron chi connectivity index (χ3n) is 2.13. The van der Waals surface area contributed by atoms with Crippen LogP contribution in [0.3, 0.4) is 0 Å². The van der Waals surface area contributed by atoms with E-state index in [-0.39, 0.29) is 15.9 Å². The number of nitrogens with two attached hydrogens (primary N) is 1. The van der Waals surface area contributed by atoms with Crippen LogP contribution in [-0.4, -0.2) is 46.0 Å². The molecule has 2 N–H and O–H groups in total. The average Bonchev–Trinajstić information content (AvgIpc) is 2.29. The Labute approximate surface area is 123 Å². The third kappa shape index (κ3) is 8.83. The van der Waals surface area contributed by atoms with Crippen molar-refractivity contribution in [1.29, 1.82) is 0 Å². The summed E-state index contributed by atoms with van der Waals surface area (Å²) >= 11 is 16.0. The fraction of sp³-hybridized carbons (Fsp3) is 0.700. The monoisotopic (exact) mass is 313 g/mol. The number of hydrogen-bond donors (Lipinski definition) is 1. The van der Waals surface area contributed by atoms with Crippen LogP contribution in [0.4, 0.5) is 0 Å². The van der Waals surface area contributed by atoms with Gasteiger partial charge in [0.05, 0.1) is 0 Å². The SMILES string of the molecule is CCN(CC)CCCN.Clc1nc(Cl)nc(Cl)n1. The van der Waals surface area contributed by atoms with E-state index in [0.29, 0.717) is 0 Å². The van der Waals surface area contributed by atoms with Crippen LogP contribution >= 0.6 is 34.8 Å². The van der Waals surface area contributed by atoms with Gasteiger partial charge in [-0.1, -0.05) is 13.8 Å². The lowest BCUT2D eigenvalue weighted by Gasteiger charge is -2.16. The lowest BCUT2D eigenvalue weighted by molar-refractivity contribution is 0.302. The molecule has 1 heterocycles. The normalized spacial score (nSPS) is 10.2. The molecule has 0 aliphatic heterocycles. The Bertz CT molecular complexity index is 283. The molecule has 0 radical (unpaired) electrons. The topological polar surface area (TPSA) is 67.9 Å². The van der Waals surface area contributed by atoms with Crippen LogP contribution in [0.2, 0.25) is 15.9 Å². The van der Waals surface area contributed by atoms with Gasteiger partial charge >= 0.3 is 0 Å². The molecule has 1 rings (SSSR count). The van der Waals surface area contributed by atoms with E-state index in [1.807, 2.05) is 0 Å². The molecule has 0 fully saturated rings. The molecule has 18 heavy (non-hydrogen) atoms. The van der Waals surface area contributed by atoms with Gasteiger partial charge in [0.1, 0.15) is 0 Å². The van der Waals surface area contributed by atoms with E-state index in [9.17, 15) is 0 Å². The van der Waals surface area contributed by atoms with Crippen LogP contribution < -0.4 is 5.73 Å². The molecule has 0 atom stereocenters. The molecule has 0 bridgehead atoms. The Hall–Kier alpha value is -0.200. The van der Waals surface area contributed by atoms with Crippen molar-refractivity contribution in [3.05, 3.63) is 15.9 Å². The molecule has 0 amide bonds. The van der Waals surface area contributed by atoms with Crippen LogP contribution in [0.1, 0.15) is 20.3 Å². The van der Waals surface area contributed by atoms with Gasteiger partial charge in [0.25, 0.3) is 0 Å². The number of hydrogen-bond acceptors (Lipinski definition) is 5. The van der Waals surface area contributed by atoms with Crippen LogP contribution in [0, 0.1) is 0 Å². The van der Waals surface area contributed by atoms with Gasteiger partial charge in [0.15, 0.2) is 0 Å². The molecular weight excluding hydrogens is 297 g/mol. The third-order valence-corrected chi connectivity index (χ3v) is 2.63. The standard InChI is InChI=1S/C7H18N2.C3Cl3N3/c1-3-9(4-2)7-5-6-8;4-1-7-2(5)9-3(6)8-1/h3-8H2,1-2H3;. The molecule has 0 saturated carbocycles. The average molecular weight is 315 g/mol. The zero-order valence-electron chi connectivity index (χ0n) is 10.5. The fourth-order valence-corrected chi connectivity index (χ4v) is 1.77. The fourth-order valence-electron chi connectivity index (χ4n) is 1.16. The predicted molar refractivity (Wildman–Crippen MR) is 76.3 cm³/mol. The second-order valence-corrected chi connectivity index (χ2v) is 4.33. The van der Waals surface area contributed by atoms with E-state index in [4.69, 9.17) is 40.5 Å². The molecule has 0 aliphatic rings. The van der Waals surface area contributed by atoms with Gasteiger partial charge in [-0.05, 0) is 67.4 Å². The van der Waals surface area contributed by atoms with Gasteiger partial charge in [-0.25, -0.2) is 0 Å². The number of aromatic nitrogens is 3. The summed E-state index contributed by atoms with van der Waals surface area (Å²) in [7, 11) is 0. The summed E-state index contributed by atoms with van der Waals surface area (Å²) in [5.41, 5.74) is 5.36.